The van der Waals surface area contributed by atoms with Crippen molar-refractivity contribution in [3.05, 3.63) is 29.8 Å². The first-order chi connectivity index (χ1) is 10.9. The number of carbonyl (C=O) groups excluding carboxylic acids is 2. The lowest BCUT2D eigenvalue weighted by Crippen LogP contribution is -2.35. The average Bonchev–Trinajstić information content (AvgIpc) is 2.93. The summed E-state index contributed by atoms with van der Waals surface area (Å²) in [5.41, 5.74) is 2.15. The van der Waals surface area contributed by atoms with E-state index in [4.69, 9.17) is 0 Å². The quantitative estimate of drug-likeness (QED) is 0.875. The van der Waals surface area contributed by atoms with Crippen molar-refractivity contribution in [2.75, 3.05) is 18.0 Å². The number of amides is 2. The Morgan fingerprint density at radius 1 is 1.30 bits per heavy atom. The highest BCUT2D eigenvalue weighted by Crippen LogP contribution is 2.33. The van der Waals surface area contributed by atoms with Crippen LogP contribution in [0.25, 0.3) is 0 Å². The lowest BCUT2D eigenvalue weighted by Gasteiger charge is -2.23. The van der Waals surface area contributed by atoms with Crippen molar-refractivity contribution in [3.63, 3.8) is 0 Å². The zero-order valence-corrected chi connectivity index (χ0v) is 14.6. The Morgan fingerprint density at radius 3 is 2.65 bits per heavy atom. The molecule has 23 heavy (non-hydrogen) atoms. The van der Waals surface area contributed by atoms with Gasteiger partial charge in [0.25, 0.3) is 0 Å². The highest BCUT2D eigenvalue weighted by Gasteiger charge is 2.36. The molecule has 1 aromatic carbocycles. The molecule has 1 heterocycles. The second kappa shape index (κ2) is 7.62. The summed E-state index contributed by atoms with van der Waals surface area (Å²) in [5.74, 6) is 0.610. The first-order valence-electron chi connectivity index (χ1n) is 8.61. The molecule has 0 radical (unpaired) electrons. The maximum Gasteiger partial charge on any atom is 0.227 e. The molecule has 2 rings (SSSR count). The van der Waals surface area contributed by atoms with Gasteiger partial charge in [0.05, 0.1) is 5.92 Å². The van der Waals surface area contributed by atoms with Crippen molar-refractivity contribution < 1.29 is 9.59 Å². The van der Waals surface area contributed by atoms with E-state index in [0.29, 0.717) is 31.3 Å². The van der Waals surface area contributed by atoms with E-state index < -0.39 is 0 Å². The van der Waals surface area contributed by atoms with E-state index in [1.54, 1.807) is 4.90 Å². The molecule has 0 saturated carbocycles. The predicted molar refractivity (Wildman–Crippen MR) is 93.5 cm³/mol. The maximum absolute atomic E-state index is 12.4. The van der Waals surface area contributed by atoms with Gasteiger partial charge in [0.2, 0.25) is 11.8 Å². The molecule has 1 aliphatic heterocycles. The van der Waals surface area contributed by atoms with Gasteiger partial charge in [0.1, 0.15) is 0 Å². The number of anilines is 1. The minimum absolute atomic E-state index is 0.00410. The molecule has 126 valence electrons. The van der Waals surface area contributed by atoms with Gasteiger partial charge in [-0.25, -0.2) is 0 Å². The number of hydrogen-bond donors (Lipinski definition) is 1. The van der Waals surface area contributed by atoms with Gasteiger partial charge < -0.3 is 10.2 Å². The standard InChI is InChI=1S/C19H28N2O2/c1-5-14(4)16-8-6-7-9-17(16)21-12-15(10-18(21)22)19(23)20-11-13(2)3/h6-9,13-15H,5,10-12H2,1-4H3,(H,20,23). The van der Waals surface area contributed by atoms with Crippen LogP contribution in [-0.4, -0.2) is 24.9 Å². The first-order valence-corrected chi connectivity index (χ1v) is 8.61. The van der Waals surface area contributed by atoms with Crippen LogP contribution in [0, 0.1) is 11.8 Å². The molecule has 0 spiro atoms. The number of carbonyl (C=O) groups is 2. The number of rotatable bonds is 6. The van der Waals surface area contributed by atoms with E-state index in [9.17, 15) is 9.59 Å². The molecular weight excluding hydrogens is 288 g/mol. The third kappa shape index (κ3) is 4.12. The van der Waals surface area contributed by atoms with Crippen molar-refractivity contribution in [3.8, 4) is 0 Å². The monoisotopic (exact) mass is 316 g/mol. The zero-order valence-electron chi connectivity index (χ0n) is 14.6. The van der Waals surface area contributed by atoms with Gasteiger partial charge in [-0.15, -0.1) is 0 Å². The Bertz CT molecular complexity index is 568. The molecule has 1 N–H and O–H groups in total. The van der Waals surface area contributed by atoms with Crippen molar-refractivity contribution in [2.24, 2.45) is 11.8 Å². The minimum atomic E-state index is -0.244. The summed E-state index contributed by atoms with van der Waals surface area (Å²) >= 11 is 0. The molecule has 1 aromatic rings. The van der Waals surface area contributed by atoms with Crippen LogP contribution in [0.5, 0.6) is 0 Å². The first kappa shape index (κ1) is 17.5. The van der Waals surface area contributed by atoms with Gasteiger partial charge in [-0.3, -0.25) is 9.59 Å². The topological polar surface area (TPSA) is 49.4 Å². The molecule has 0 bridgehead atoms. The Balaban J connectivity index is 2.13. The normalized spacial score (nSPS) is 19.3. The van der Waals surface area contributed by atoms with Crippen LogP contribution in [0.1, 0.15) is 52.0 Å². The van der Waals surface area contributed by atoms with Gasteiger partial charge >= 0.3 is 0 Å². The largest absolute Gasteiger partial charge is 0.356 e. The molecule has 0 aromatic heterocycles. The molecule has 2 amide bonds. The average molecular weight is 316 g/mol. The smallest absolute Gasteiger partial charge is 0.227 e. The maximum atomic E-state index is 12.4. The number of nitrogens with zero attached hydrogens (tertiary/aromatic N) is 1. The molecular formula is C19H28N2O2. The number of para-hydroxylation sites is 1. The third-order valence-corrected chi connectivity index (χ3v) is 4.55. The number of hydrogen-bond acceptors (Lipinski definition) is 2. The van der Waals surface area contributed by atoms with Crippen LogP contribution < -0.4 is 10.2 Å². The van der Waals surface area contributed by atoms with Crippen molar-refractivity contribution in [2.45, 2.75) is 46.5 Å². The van der Waals surface area contributed by atoms with Crippen molar-refractivity contribution >= 4 is 17.5 Å². The fourth-order valence-electron chi connectivity index (χ4n) is 2.94. The van der Waals surface area contributed by atoms with Crippen LogP contribution >= 0.6 is 0 Å². The summed E-state index contributed by atoms with van der Waals surface area (Å²) in [4.78, 5) is 26.5. The van der Waals surface area contributed by atoms with Gasteiger partial charge in [-0.05, 0) is 29.9 Å². The van der Waals surface area contributed by atoms with E-state index in [2.05, 4.69) is 39.1 Å². The lowest BCUT2D eigenvalue weighted by molar-refractivity contribution is -0.126. The van der Waals surface area contributed by atoms with Gasteiger partial charge in [-0.1, -0.05) is 45.9 Å². The molecule has 4 nitrogen and oxygen atoms in total. The lowest BCUT2D eigenvalue weighted by atomic mass is 9.96. The Hall–Kier alpha value is -1.84. The van der Waals surface area contributed by atoms with Gasteiger partial charge in [0.15, 0.2) is 0 Å². The van der Waals surface area contributed by atoms with Crippen LogP contribution in [0.3, 0.4) is 0 Å². The summed E-state index contributed by atoms with van der Waals surface area (Å²) in [6.45, 7) is 9.59. The fraction of sp³-hybridized carbons (Fsp3) is 0.579. The number of nitrogens with one attached hydrogen (secondary N) is 1. The van der Waals surface area contributed by atoms with Crippen molar-refractivity contribution in [1.29, 1.82) is 0 Å². The zero-order chi connectivity index (χ0) is 17.0. The van der Waals surface area contributed by atoms with Crippen LogP contribution in [-0.2, 0) is 9.59 Å². The van der Waals surface area contributed by atoms with Gasteiger partial charge in [-0.2, -0.15) is 0 Å². The summed E-state index contributed by atoms with van der Waals surface area (Å²) in [6, 6.07) is 8.05. The molecule has 2 unspecified atom stereocenters. The second-order valence-electron chi connectivity index (χ2n) is 6.91. The SMILES string of the molecule is CCC(C)c1ccccc1N1CC(C(=O)NCC(C)C)CC1=O. The van der Waals surface area contributed by atoms with E-state index in [-0.39, 0.29) is 17.7 Å². The van der Waals surface area contributed by atoms with Crippen molar-refractivity contribution in [1.82, 2.24) is 5.32 Å². The van der Waals surface area contributed by atoms with Crippen LogP contribution in [0.4, 0.5) is 5.69 Å². The molecule has 4 heteroatoms. The molecule has 0 aliphatic carbocycles. The third-order valence-electron chi connectivity index (χ3n) is 4.55. The fourth-order valence-corrected chi connectivity index (χ4v) is 2.94. The Kier molecular flexibility index (Phi) is 5.80. The summed E-state index contributed by atoms with van der Waals surface area (Å²) < 4.78 is 0. The minimum Gasteiger partial charge on any atom is -0.356 e. The second-order valence-corrected chi connectivity index (χ2v) is 6.91. The summed E-state index contributed by atoms with van der Waals surface area (Å²) in [7, 11) is 0. The van der Waals surface area contributed by atoms with E-state index in [0.717, 1.165) is 12.1 Å². The van der Waals surface area contributed by atoms with E-state index >= 15 is 0 Å². The van der Waals surface area contributed by atoms with E-state index in [1.807, 2.05) is 18.2 Å². The molecule has 2 atom stereocenters. The van der Waals surface area contributed by atoms with Crippen LogP contribution in [0.15, 0.2) is 24.3 Å². The van der Waals surface area contributed by atoms with Crippen LogP contribution in [0.2, 0.25) is 0 Å². The van der Waals surface area contributed by atoms with Gasteiger partial charge in [0, 0.05) is 25.2 Å². The predicted octanol–water partition coefficient (Wildman–Crippen LogP) is 3.33. The molecule has 1 saturated heterocycles. The highest BCUT2D eigenvalue weighted by atomic mass is 16.2. The number of benzene rings is 1. The Morgan fingerprint density at radius 2 is 2.00 bits per heavy atom. The summed E-state index contributed by atoms with van der Waals surface area (Å²) in [5, 5.41) is 2.95. The molecule has 1 fully saturated rings. The summed E-state index contributed by atoms with van der Waals surface area (Å²) in [6.07, 6.45) is 1.33. The van der Waals surface area contributed by atoms with E-state index in [1.165, 1.54) is 5.56 Å². The highest BCUT2D eigenvalue weighted by molar-refractivity contribution is 6.00. The molecule has 1 aliphatic rings. The Labute approximate surface area is 139 Å².